The first kappa shape index (κ1) is 14.3. The van der Waals surface area contributed by atoms with Crippen molar-refractivity contribution in [1.82, 2.24) is 9.97 Å². The van der Waals surface area contributed by atoms with Crippen molar-refractivity contribution in [2.45, 2.75) is 24.3 Å². The second-order valence-electron chi connectivity index (χ2n) is 3.92. The van der Waals surface area contributed by atoms with E-state index in [1.54, 1.807) is 26.0 Å². The molecular weight excluding hydrogens is 304 g/mol. The third-order valence-electron chi connectivity index (χ3n) is 2.32. The Morgan fingerprint density at radius 3 is 2.84 bits per heavy atom. The summed E-state index contributed by atoms with van der Waals surface area (Å²) in [5, 5.41) is 0.119. The highest BCUT2D eigenvalue weighted by molar-refractivity contribution is 8.00. The van der Waals surface area contributed by atoms with E-state index in [1.807, 2.05) is 0 Å². The van der Waals surface area contributed by atoms with E-state index in [9.17, 15) is 9.59 Å². The van der Waals surface area contributed by atoms with Gasteiger partial charge in [0.15, 0.2) is 10.9 Å². The summed E-state index contributed by atoms with van der Waals surface area (Å²) in [7, 11) is 0. The van der Waals surface area contributed by atoms with Crippen molar-refractivity contribution in [2.75, 3.05) is 0 Å². The lowest BCUT2D eigenvalue weighted by molar-refractivity contribution is 0.0997. The van der Waals surface area contributed by atoms with Crippen LogP contribution in [0.2, 0.25) is 4.34 Å². The zero-order valence-electron chi connectivity index (χ0n) is 10.3. The molecular formula is C12H11ClN2O2S2. The summed E-state index contributed by atoms with van der Waals surface area (Å²) >= 11 is 8.29. The van der Waals surface area contributed by atoms with Crippen LogP contribution in [0, 0.1) is 6.92 Å². The van der Waals surface area contributed by atoms with Gasteiger partial charge >= 0.3 is 0 Å². The number of aryl methyl sites for hydroxylation is 1. The Morgan fingerprint density at radius 2 is 2.26 bits per heavy atom. The maximum Gasteiger partial charge on any atom is 0.251 e. The topological polar surface area (TPSA) is 62.8 Å². The summed E-state index contributed by atoms with van der Waals surface area (Å²) < 4.78 is 0.586. The largest absolute Gasteiger partial charge is 0.301 e. The summed E-state index contributed by atoms with van der Waals surface area (Å²) in [6.45, 7) is 3.52. The molecule has 2 heterocycles. The molecule has 1 N–H and O–H groups in total. The number of Topliss-reactive ketones (excluding diaryl/α,β-unsaturated/α-hetero) is 1. The van der Waals surface area contributed by atoms with Gasteiger partial charge in [-0.2, -0.15) is 0 Å². The normalized spacial score (nSPS) is 12.4. The van der Waals surface area contributed by atoms with Crippen molar-refractivity contribution in [3.63, 3.8) is 0 Å². The lowest BCUT2D eigenvalue weighted by Gasteiger charge is -2.08. The van der Waals surface area contributed by atoms with Crippen LogP contribution in [0.3, 0.4) is 0 Å². The van der Waals surface area contributed by atoms with E-state index in [4.69, 9.17) is 11.6 Å². The molecule has 0 bridgehead atoms. The predicted molar refractivity (Wildman–Crippen MR) is 78.6 cm³/mol. The first-order valence-electron chi connectivity index (χ1n) is 5.50. The summed E-state index contributed by atoms with van der Waals surface area (Å²) in [5.74, 6) is -0.0222. The number of carbonyl (C=O) groups is 1. The highest BCUT2D eigenvalue weighted by Crippen LogP contribution is 2.27. The minimum absolute atomic E-state index is 0.0222. The molecule has 2 rings (SSSR count). The van der Waals surface area contributed by atoms with Crippen molar-refractivity contribution >= 4 is 40.5 Å². The van der Waals surface area contributed by atoms with Gasteiger partial charge in [0.25, 0.3) is 5.56 Å². The number of thiophene rings is 1. The number of thioether (sulfide) groups is 1. The maximum absolute atomic E-state index is 12.1. The van der Waals surface area contributed by atoms with Crippen LogP contribution in [0.1, 0.15) is 22.3 Å². The van der Waals surface area contributed by atoms with Gasteiger partial charge in [-0.15, -0.1) is 11.3 Å². The first-order chi connectivity index (χ1) is 8.95. The number of rotatable bonds is 4. The van der Waals surface area contributed by atoms with Gasteiger partial charge in [-0.05, 0) is 26.0 Å². The van der Waals surface area contributed by atoms with Gasteiger partial charge in [0, 0.05) is 11.8 Å². The fourth-order valence-corrected chi connectivity index (χ4v) is 3.55. The smallest absolute Gasteiger partial charge is 0.251 e. The summed E-state index contributed by atoms with van der Waals surface area (Å²) in [6, 6.07) is 4.82. The average Bonchev–Trinajstić information content (AvgIpc) is 2.73. The Balaban J connectivity index is 2.14. The van der Waals surface area contributed by atoms with Crippen LogP contribution in [0.15, 0.2) is 28.2 Å². The van der Waals surface area contributed by atoms with Crippen molar-refractivity contribution in [1.29, 1.82) is 0 Å². The fourth-order valence-electron chi connectivity index (χ4n) is 1.48. The number of H-pyrrole nitrogens is 1. The van der Waals surface area contributed by atoms with Gasteiger partial charge in [0.1, 0.15) is 0 Å². The molecule has 0 aliphatic carbocycles. The van der Waals surface area contributed by atoms with Crippen LogP contribution < -0.4 is 5.56 Å². The number of nitrogens with zero attached hydrogens (tertiary/aromatic N) is 1. The number of nitrogens with one attached hydrogen (secondary N) is 1. The summed E-state index contributed by atoms with van der Waals surface area (Å²) in [4.78, 5) is 30.9. The third-order valence-corrected chi connectivity index (χ3v) is 4.55. The molecule has 0 aliphatic heterocycles. The zero-order chi connectivity index (χ0) is 14.0. The van der Waals surface area contributed by atoms with E-state index < -0.39 is 0 Å². The monoisotopic (exact) mass is 314 g/mol. The van der Waals surface area contributed by atoms with Crippen LogP contribution in [-0.2, 0) is 0 Å². The van der Waals surface area contributed by atoms with Crippen LogP contribution >= 0.6 is 34.7 Å². The number of aromatic amines is 1. The average molecular weight is 315 g/mol. The van der Waals surface area contributed by atoms with E-state index in [-0.39, 0.29) is 16.6 Å². The number of hydrogen-bond donors (Lipinski definition) is 1. The molecule has 7 heteroatoms. The second-order valence-corrected chi connectivity index (χ2v) is 6.96. The van der Waals surface area contributed by atoms with Crippen molar-refractivity contribution < 1.29 is 4.79 Å². The van der Waals surface area contributed by atoms with Gasteiger partial charge in [0.2, 0.25) is 0 Å². The summed E-state index contributed by atoms with van der Waals surface area (Å²) in [6.07, 6.45) is 0. The van der Waals surface area contributed by atoms with E-state index in [1.165, 1.54) is 29.2 Å². The minimum Gasteiger partial charge on any atom is -0.301 e. The molecule has 0 spiro atoms. The lowest BCUT2D eigenvalue weighted by atomic mass is 10.2. The quantitative estimate of drug-likeness (QED) is 0.535. The Labute approximate surface area is 123 Å². The Hall–Kier alpha value is -1.11. The molecule has 0 radical (unpaired) electrons. The van der Waals surface area contributed by atoms with Crippen molar-refractivity contribution in [2.24, 2.45) is 0 Å². The standard InChI is InChI=1S/C12H11ClN2O2S2/c1-6-5-10(16)15-12(14-6)18-7(2)11(17)8-3-4-9(13)19-8/h3-5,7H,1-2H3,(H,14,15,16). The molecule has 1 unspecified atom stereocenters. The molecule has 0 fully saturated rings. The number of aromatic nitrogens is 2. The fraction of sp³-hybridized carbons (Fsp3) is 0.250. The number of hydrogen-bond acceptors (Lipinski definition) is 5. The molecule has 0 amide bonds. The number of halogens is 1. The molecule has 0 saturated heterocycles. The first-order valence-corrected chi connectivity index (χ1v) is 7.57. The van der Waals surface area contributed by atoms with Gasteiger partial charge < -0.3 is 4.98 Å². The van der Waals surface area contributed by atoms with E-state index >= 15 is 0 Å². The highest BCUT2D eigenvalue weighted by Gasteiger charge is 2.19. The molecule has 0 aromatic carbocycles. The van der Waals surface area contributed by atoms with Crippen LogP contribution in [-0.4, -0.2) is 21.0 Å². The van der Waals surface area contributed by atoms with Gasteiger partial charge in [-0.25, -0.2) is 4.98 Å². The Bertz CT molecular complexity index is 666. The van der Waals surface area contributed by atoms with Gasteiger partial charge in [-0.1, -0.05) is 23.4 Å². The minimum atomic E-state index is -0.334. The zero-order valence-corrected chi connectivity index (χ0v) is 12.7. The maximum atomic E-state index is 12.1. The molecule has 2 aromatic rings. The molecule has 0 saturated carbocycles. The van der Waals surface area contributed by atoms with Crippen LogP contribution in [0.4, 0.5) is 0 Å². The molecule has 1 atom stereocenters. The molecule has 2 aromatic heterocycles. The molecule has 0 aliphatic rings. The van der Waals surface area contributed by atoms with E-state index in [2.05, 4.69) is 9.97 Å². The van der Waals surface area contributed by atoms with E-state index in [0.29, 0.717) is 20.1 Å². The van der Waals surface area contributed by atoms with Crippen LogP contribution in [0.25, 0.3) is 0 Å². The van der Waals surface area contributed by atoms with Crippen LogP contribution in [0.5, 0.6) is 0 Å². The molecule has 19 heavy (non-hydrogen) atoms. The SMILES string of the molecule is Cc1cc(=O)[nH]c(SC(C)C(=O)c2ccc(Cl)s2)n1. The number of ketones is 1. The van der Waals surface area contributed by atoms with Crippen molar-refractivity contribution in [3.8, 4) is 0 Å². The third kappa shape index (κ3) is 3.68. The van der Waals surface area contributed by atoms with E-state index in [0.717, 1.165) is 0 Å². The Morgan fingerprint density at radius 1 is 1.53 bits per heavy atom. The molecule has 100 valence electrons. The number of carbonyl (C=O) groups excluding carboxylic acids is 1. The lowest BCUT2D eigenvalue weighted by Crippen LogP contribution is -2.15. The predicted octanol–water partition coefficient (Wildman–Crippen LogP) is 3.16. The summed E-state index contributed by atoms with van der Waals surface area (Å²) in [5.41, 5.74) is 0.416. The van der Waals surface area contributed by atoms with Gasteiger partial charge in [0.05, 0.1) is 14.5 Å². The Kier molecular flexibility index (Phi) is 4.44. The highest BCUT2D eigenvalue weighted by atomic mass is 35.5. The second kappa shape index (κ2) is 5.90. The molecule has 4 nitrogen and oxygen atoms in total. The van der Waals surface area contributed by atoms with Gasteiger partial charge in [-0.3, -0.25) is 9.59 Å². The van der Waals surface area contributed by atoms with Crippen molar-refractivity contribution in [3.05, 3.63) is 43.5 Å².